The number of halogens is 2. The van der Waals surface area contributed by atoms with E-state index in [2.05, 4.69) is 31.9 Å². The number of carbonyl (C=O) groups excluding carboxylic acids is 2. The number of carbonyl (C=O) groups is 2. The number of alkyl halides is 2. The third-order valence-electron chi connectivity index (χ3n) is 7.26. The Morgan fingerprint density at radius 2 is 1.97 bits per heavy atom. The zero-order chi connectivity index (χ0) is 26.9. The number of hydrogen-bond acceptors (Lipinski definition) is 7. The molecule has 2 amide bonds. The molecule has 1 N–H and O–H groups in total. The van der Waals surface area contributed by atoms with Crippen LogP contribution >= 0.6 is 0 Å². The van der Waals surface area contributed by atoms with Crippen molar-refractivity contribution in [3.05, 3.63) is 72.2 Å². The lowest BCUT2D eigenvalue weighted by Gasteiger charge is -2.36. The van der Waals surface area contributed by atoms with Gasteiger partial charge in [-0.05, 0) is 48.6 Å². The first kappa shape index (κ1) is 25.5. The van der Waals surface area contributed by atoms with Gasteiger partial charge in [0.1, 0.15) is 5.41 Å². The molecular formula is C27H28F2N6O3. The Hall–Kier alpha value is -4.15. The van der Waals surface area contributed by atoms with Gasteiger partial charge in [-0.15, -0.1) is 0 Å². The maximum Gasteiger partial charge on any atom is 0.292 e. The van der Waals surface area contributed by atoms with Crippen molar-refractivity contribution in [3.63, 3.8) is 0 Å². The summed E-state index contributed by atoms with van der Waals surface area (Å²) in [7, 11) is 0. The van der Waals surface area contributed by atoms with E-state index in [1.165, 1.54) is 6.08 Å². The Bertz CT molecular complexity index is 1360. The summed E-state index contributed by atoms with van der Waals surface area (Å²) in [6, 6.07) is 7.93. The van der Waals surface area contributed by atoms with E-state index in [1.54, 1.807) is 11.1 Å². The van der Waals surface area contributed by atoms with Crippen LogP contribution in [-0.4, -0.2) is 64.4 Å². The number of aromatic nitrogens is 3. The third-order valence-corrected chi connectivity index (χ3v) is 7.26. The number of pyridine rings is 1. The average Bonchev–Trinajstić information content (AvgIpc) is 3.61. The van der Waals surface area contributed by atoms with Crippen molar-refractivity contribution in [3.8, 4) is 11.1 Å². The molecule has 5 rings (SSSR count). The lowest BCUT2D eigenvalue weighted by Crippen LogP contribution is -2.48. The highest BCUT2D eigenvalue weighted by Gasteiger charge is 2.57. The number of hydrogen-bond donors (Lipinski definition) is 1. The van der Waals surface area contributed by atoms with Crippen molar-refractivity contribution in [2.75, 3.05) is 31.1 Å². The second-order valence-electron chi connectivity index (χ2n) is 9.61. The van der Waals surface area contributed by atoms with E-state index >= 15 is 0 Å². The fourth-order valence-electron chi connectivity index (χ4n) is 4.67. The van der Waals surface area contributed by atoms with Crippen LogP contribution in [0.5, 0.6) is 0 Å². The highest BCUT2D eigenvalue weighted by molar-refractivity contribution is 5.90. The Morgan fingerprint density at radius 1 is 1.21 bits per heavy atom. The van der Waals surface area contributed by atoms with Gasteiger partial charge in [0.25, 0.3) is 18.2 Å². The Kier molecular flexibility index (Phi) is 6.92. The van der Waals surface area contributed by atoms with Gasteiger partial charge in [0.2, 0.25) is 11.8 Å². The van der Waals surface area contributed by atoms with Crippen LogP contribution in [0.25, 0.3) is 11.1 Å². The van der Waals surface area contributed by atoms with Gasteiger partial charge in [-0.25, -0.2) is 8.78 Å². The number of anilines is 1. The zero-order valence-electron chi connectivity index (χ0n) is 21.0. The molecule has 1 aromatic carbocycles. The fourth-order valence-corrected chi connectivity index (χ4v) is 4.67. The quantitative estimate of drug-likeness (QED) is 0.452. The summed E-state index contributed by atoms with van der Waals surface area (Å²) >= 11 is 0. The van der Waals surface area contributed by atoms with E-state index in [9.17, 15) is 18.4 Å². The van der Waals surface area contributed by atoms with E-state index in [-0.39, 0.29) is 37.0 Å². The summed E-state index contributed by atoms with van der Waals surface area (Å²) < 4.78 is 31.5. The van der Waals surface area contributed by atoms with E-state index in [4.69, 9.17) is 4.52 Å². The average molecular weight is 523 g/mol. The zero-order valence-corrected chi connectivity index (χ0v) is 21.0. The first-order chi connectivity index (χ1) is 18.3. The van der Waals surface area contributed by atoms with Gasteiger partial charge in [0.15, 0.2) is 0 Å². The monoisotopic (exact) mass is 522 g/mol. The normalized spacial score (nSPS) is 16.4. The lowest BCUT2D eigenvalue weighted by molar-refractivity contribution is -0.126. The molecule has 0 atom stereocenters. The fraction of sp³-hybridized carbons (Fsp3) is 0.370. The van der Waals surface area contributed by atoms with Crippen LogP contribution in [0.3, 0.4) is 0 Å². The minimum absolute atomic E-state index is 0.0610. The maximum atomic E-state index is 13.3. The molecule has 2 aromatic heterocycles. The smallest absolute Gasteiger partial charge is 0.292 e. The van der Waals surface area contributed by atoms with E-state index in [1.807, 2.05) is 37.4 Å². The number of nitrogens with zero attached hydrogens (tertiary/aromatic N) is 5. The molecule has 0 unspecified atom stereocenters. The summed E-state index contributed by atoms with van der Waals surface area (Å²) in [5.74, 6) is -1.08. The number of rotatable bonds is 8. The molecular weight excluding hydrogens is 494 g/mol. The Labute approximate surface area is 218 Å². The topological polar surface area (TPSA) is 104 Å². The molecule has 1 saturated heterocycles. The number of nitrogens with one attached hydrogen (secondary N) is 1. The molecule has 9 nitrogen and oxygen atoms in total. The van der Waals surface area contributed by atoms with Crippen molar-refractivity contribution >= 4 is 17.5 Å². The van der Waals surface area contributed by atoms with Crippen LogP contribution in [0.4, 0.5) is 14.5 Å². The number of aryl methyl sites for hydroxylation is 1. The van der Waals surface area contributed by atoms with Crippen molar-refractivity contribution in [2.45, 2.75) is 38.2 Å². The van der Waals surface area contributed by atoms with Crippen LogP contribution in [0.1, 0.15) is 40.5 Å². The summed E-state index contributed by atoms with van der Waals surface area (Å²) in [6.45, 7) is 8.35. The maximum absolute atomic E-state index is 13.3. The van der Waals surface area contributed by atoms with Crippen molar-refractivity contribution < 1.29 is 22.9 Å². The predicted octanol–water partition coefficient (Wildman–Crippen LogP) is 3.50. The third kappa shape index (κ3) is 4.88. The van der Waals surface area contributed by atoms with Gasteiger partial charge in [-0.2, -0.15) is 4.98 Å². The predicted molar refractivity (Wildman–Crippen MR) is 136 cm³/mol. The Morgan fingerprint density at radius 3 is 2.63 bits per heavy atom. The number of piperazine rings is 1. The minimum Gasteiger partial charge on any atom is -0.366 e. The summed E-state index contributed by atoms with van der Waals surface area (Å²) in [6.07, 6.45) is 2.86. The van der Waals surface area contributed by atoms with Crippen LogP contribution in [0.15, 0.2) is 53.8 Å². The summed E-state index contributed by atoms with van der Waals surface area (Å²) in [5.41, 5.74) is 3.47. The highest BCUT2D eigenvalue weighted by atomic mass is 19.3. The second-order valence-corrected chi connectivity index (χ2v) is 9.61. The number of amides is 2. The summed E-state index contributed by atoms with van der Waals surface area (Å²) in [4.78, 5) is 36.7. The molecule has 3 aromatic rings. The first-order valence-corrected chi connectivity index (χ1v) is 12.4. The van der Waals surface area contributed by atoms with E-state index in [0.29, 0.717) is 26.2 Å². The molecule has 0 bridgehead atoms. The molecule has 3 heterocycles. The molecule has 1 aliphatic carbocycles. The molecule has 2 aliphatic rings. The minimum atomic E-state index is -2.60. The molecule has 0 radical (unpaired) electrons. The van der Waals surface area contributed by atoms with Gasteiger partial charge in [0.05, 0.1) is 11.9 Å². The molecule has 11 heteroatoms. The van der Waals surface area contributed by atoms with Gasteiger partial charge >= 0.3 is 0 Å². The van der Waals surface area contributed by atoms with Crippen molar-refractivity contribution in [2.24, 2.45) is 0 Å². The SMILES string of the molecule is C=CC(=O)N1CCN(c2cnccc2-c2ccc(CNC(=O)c3noc(C4(C(F)F)CC4)n3)c(C)c2)CC1. The van der Waals surface area contributed by atoms with Crippen molar-refractivity contribution in [1.29, 1.82) is 0 Å². The van der Waals surface area contributed by atoms with Gasteiger partial charge in [-0.1, -0.05) is 29.9 Å². The molecule has 1 saturated carbocycles. The van der Waals surface area contributed by atoms with Crippen LogP contribution in [0, 0.1) is 6.92 Å². The second kappa shape index (κ2) is 10.3. The molecule has 2 fully saturated rings. The van der Waals surface area contributed by atoms with Gasteiger partial charge in [0, 0.05) is 44.5 Å². The lowest BCUT2D eigenvalue weighted by atomic mass is 9.99. The Balaban J connectivity index is 1.25. The van der Waals surface area contributed by atoms with E-state index < -0.39 is 17.7 Å². The largest absolute Gasteiger partial charge is 0.366 e. The van der Waals surface area contributed by atoms with Gasteiger partial charge in [-0.3, -0.25) is 14.6 Å². The molecule has 38 heavy (non-hydrogen) atoms. The van der Waals surface area contributed by atoms with Crippen LogP contribution < -0.4 is 10.2 Å². The first-order valence-electron chi connectivity index (χ1n) is 12.4. The van der Waals surface area contributed by atoms with E-state index in [0.717, 1.165) is 27.9 Å². The van der Waals surface area contributed by atoms with Crippen molar-refractivity contribution in [1.82, 2.24) is 25.3 Å². The molecule has 0 spiro atoms. The van der Waals surface area contributed by atoms with Crippen LogP contribution in [-0.2, 0) is 16.8 Å². The van der Waals surface area contributed by atoms with Gasteiger partial charge < -0.3 is 19.6 Å². The number of benzene rings is 1. The van der Waals surface area contributed by atoms with Crippen LogP contribution in [0.2, 0.25) is 0 Å². The highest BCUT2D eigenvalue weighted by Crippen LogP contribution is 2.51. The molecule has 198 valence electrons. The standard InChI is InChI=1S/C27H28F2N6O3/c1-3-22(36)35-12-10-34(11-13-35)21-16-30-9-6-20(21)18-4-5-19(17(2)14-18)15-31-24(37)23-32-26(38-33-23)27(7-8-27)25(28)29/h3-6,9,14,16,25H,1,7-8,10-13,15H2,2H3,(H,31,37). The molecule has 1 aliphatic heterocycles. The summed E-state index contributed by atoms with van der Waals surface area (Å²) in [5, 5.41) is 6.34.